The van der Waals surface area contributed by atoms with Crippen LogP contribution in [-0.4, -0.2) is 75.6 Å². The molecule has 0 bridgehead atoms. The standard InChI is InChI=1S/C29H33N3O6S/c1-30(39(34,35)25-6-4-3-5-7-25)26(23-9-11-24(36-2)12-10-23)19-29(33)32-16-14-31(15-17-32)20-22-8-13-27-28(18-22)38-21-37-27/h3-13,18,26H,14-17,19-21H2,1-2H3/t26-/m0/s1. The van der Waals surface area contributed by atoms with Gasteiger partial charge in [-0.3, -0.25) is 9.69 Å². The third-order valence-corrected chi connectivity index (χ3v) is 9.18. The molecular weight excluding hydrogens is 518 g/mol. The highest BCUT2D eigenvalue weighted by molar-refractivity contribution is 7.89. The molecular formula is C29H33N3O6S. The maximum Gasteiger partial charge on any atom is 0.243 e. The zero-order chi connectivity index (χ0) is 27.4. The van der Waals surface area contributed by atoms with Crippen LogP contribution in [0.4, 0.5) is 0 Å². The first-order valence-electron chi connectivity index (χ1n) is 12.9. The van der Waals surface area contributed by atoms with Crippen LogP contribution in [0.15, 0.2) is 77.7 Å². The largest absolute Gasteiger partial charge is 0.497 e. The van der Waals surface area contributed by atoms with Gasteiger partial charge in [0.1, 0.15) is 5.75 Å². The Kier molecular flexibility index (Phi) is 8.06. The van der Waals surface area contributed by atoms with E-state index in [0.717, 1.165) is 42.3 Å². The number of carbonyl (C=O) groups excluding carboxylic acids is 1. The number of nitrogens with zero attached hydrogens (tertiary/aromatic N) is 3. The molecule has 0 unspecified atom stereocenters. The van der Waals surface area contributed by atoms with E-state index in [-0.39, 0.29) is 24.0 Å². The summed E-state index contributed by atoms with van der Waals surface area (Å²) in [4.78, 5) is 17.8. The summed E-state index contributed by atoms with van der Waals surface area (Å²) in [6.07, 6.45) is 0.0387. The highest BCUT2D eigenvalue weighted by Gasteiger charge is 2.33. The minimum Gasteiger partial charge on any atom is -0.497 e. The topological polar surface area (TPSA) is 88.6 Å². The number of methoxy groups -OCH3 is 1. The van der Waals surface area contributed by atoms with Crippen molar-refractivity contribution in [1.29, 1.82) is 0 Å². The normalized spacial score (nSPS) is 16.3. The smallest absolute Gasteiger partial charge is 0.243 e. The van der Waals surface area contributed by atoms with Crippen molar-refractivity contribution in [2.75, 3.05) is 47.1 Å². The lowest BCUT2D eigenvalue weighted by atomic mass is 10.0. The second-order valence-electron chi connectivity index (χ2n) is 9.67. The number of hydrogen-bond acceptors (Lipinski definition) is 7. The summed E-state index contributed by atoms with van der Waals surface area (Å²) in [5, 5.41) is 0. The van der Waals surface area contributed by atoms with Gasteiger partial charge < -0.3 is 19.1 Å². The minimum absolute atomic E-state index is 0.0387. The number of benzene rings is 3. The highest BCUT2D eigenvalue weighted by Crippen LogP contribution is 2.33. The molecule has 0 spiro atoms. The Morgan fingerprint density at radius 1 is 0.949 bits per heavy atom. The maximum atomic E-state index is 13.5. The molecule has 1 amide bonds. The second kappa shape index (κ2) is 11.6. The van der Waals surface area contributed by atoms with Gasteiger partial charge in [0.2, 0.25) is 22.7 Å². The first kappa shape index (κ1) is 27.0. The monoisotopic (exact) mass is 551 g/mol. The molecule has 1 fully saturated rings. The van der Waals surface area contributed by atoms with Crippen LogP contribution in [0.2, 0.25) is 0 Å². The van der Waals surface area contributed by atoms with Gasteiger partial charge in [-0.05, 0) is 47.5 Å². The molecule has 1 saturated heterocycles. The zero-order valence-corrected chi connectivity index (χ0v) is 23.0. The van der Waals surface area contributed by atoms with E-state index in [1.165, 1.54) is 11.4 Å². The molecule has 2 heterocycles. The lowest BCUT2D eigenvalue weighted by molar-refractivity contribution is -0.134. The SMILES string of the molecule is COc1ccc([C@H](CC(=O)N2CCN(Cc3ccc4c(c3)OCO4)CC2)N(C)S(=O)(=O)c2ccccc2)cc1. The predicted molar refractivity (Wildman–Crippen MR) is 146 cm³/mol. The molecule has 5 rings (SSSR count). The molecule has 206 valence electrons. The summed E-state index contributed by atoms with van der Waals surface area (Å²) in [6.45, 7) is 3.61. The average Bonchev–Trinajstić information content (AvgIpc) is 3.44. The Bertz CT molecular complexity index is 1390. The fraction of sp³-hybridized carbons (Fsp3) is 0.345. The molecule has 0 aliphatic carbocycles. The van der Waals surface area contributed by atoms with Gasteiger partial charge in [0, 0.05) is 46.2 Å². The Hall–Kier alpha value is -3.60. The molecule has 3 aromatic carbocycles. The zero-order valence-electron chi connectivity index (χ0n) is 22.2. The Morgan fingerprint density at radius 3 is 2.33 bits per heavy atom. The fourth-order valence-corrected chi connectivity index (χ4v) is 6.32. The third-order valence-electron chi connectivity index (χ3n) is 7.30. The van der Waals surface area contributed by atoms with Crippen LogP contribution in [0, 0.1) is 0 Å². The molecule has 0 saturated carbocycles. The molecule has 3 aromatic rings. The maximum absolute atomic E-state index is 13.5. The number of fused-ring (bicyclic) bond motifs is 1. The highest BCUT2D eigenvalue weighted by atomic mass is 32.2. The average molecular weight is 552 g/mol. The van der Waals surface area contributed by atoms with Crippen LogP contribution in [-0.2, 0) is 21.4 Å². The van der Waals surface area contributed by atoms with Gasteiger partial charge in [0.15, 0.2) is 11.5 Å². The van der Waals surface area contributed by atoms with Gasteiger partial charge in [-0.2, -0.15) is 4.31 Å². The van der Waals surface area contributed by atoms with Gasteiger partial charge in [-0.1, -0.05) is 36.4 Å². The summed E-state index contributed by atoms with van der Waals surface area (Å²) in [5.74, 6) is 2.12. The third kappa shape index (κ3) is 6.03. The summed E-state index contributed by atoms with van der Waals surface area (Å²) >= 11 is 0. The minimum atomic E-state index is -3.82. The number of hydrogen-bond donors (Lipinski definition) is 0. The van der Waals surface area contributed by atoms with Crippen LogP contribution < -0.4 is 14.2 Å². The van der Waals surface area contributed by atoms with Gasteiger partial charge in [-0.25, -0.2) is 8.42 Å². The summed E-state index contributed by atoms with van der Waals surface area (Å²) < 4.78 is 44.4. The number of carbonyl (C=O) groups is 1. The van der Waals surface area contributed by atoms with E-state index in [0.29, 0.717) is 18.8 Å². The summed E-state index contributed by atoms with van der Waals surface area (Å²) in [6, 6.07) is 20.8. The Morgan fingerprint density at radius 2 is 1.64 bits per heavy atom. The van der Waals surface area contributed by atoms with E-state index >= 15 is 0 Å². The van der Waals surface area contributed by atoms with Crippen molar-refractivity contribution in [3.05, 3.63) is 83.9 Å². The summed E-state index contributed by atoms with van der Waals surface area (Å²) in [7, 11) is -0.709. The number of piperazine rings is 1. The fourth-order valence-electron chi connectivity index (χ4n) is 4.96. The number of ether oxygens (including phenoxy) is 3. The van der Waals surface area contributed by atoms with E-state index in [1.54, 1.807) is 49.6 Å². The quantitative estimate of drug-likeness (QED) is 0.402. The van der Waals surface area contributed by atoms with Gasteiger partial charge in [0.05, 0.1) is 18.0 Å². The molecule has 0 aromatic heterocycles. The molecule has 1 atom stereocenters. The molecule has 10 heteroatoms. The lowest BCUT2D eigenvalue weighted by Gasteiger charge is -2.36. The first-order chi connectivity index (χ1) is 18.8. The van der Waals surface area contributed by atoms with Crippen LogP contribution in [0.25, 0.3) is 0 Å². The Balaban J connectivity index is 1.27. The van der Waals surface area contributed by atoms with Gasteiger partial charge in [0.25, 0.3) is 0 Å². The number of rotatable bonds is 9. The predicted octanol–water partition coefficient (Wildman–Crippen LogP) is 3.52. The molecule has 2 aliphatic heterocycles. The van der Waals surface area contributed by atoms with Crippen molar-refractivity contribution in [3.8, 4) is 17.2 Å². The molecule has 0 radical (unpaired) electrons. The number of amides is 1. The number of sulfonamides is 1. The van der Waals surface area contributed by atoms with E-state index in [2.05, 4.69) is 4.90 Å². The lowest BCUT2D eigenvalue weighted by Crippen LogP contribution is -2.49. The molecule has 39 heavy (non-hydrogen) atoms. The van der Waals surface area contributed by atoms with E-state index in [4.69, 9.17) is 14.2 Å². The van der Waals surface area contributed by atoms with Crippen molar-refractivity contribution in [1.82, 2.24) is 14.1 Å². The van der Waals surface area contributed by atoms with Crippen molar-refractivity contribution >= 4 is 15.9 Å². The van der Waals surface area contributed by atoms with Crippen molar-refractivity contribution in [2.45, 2.75) is 23.9 Å². The molecule has 0 N–H and O–H groups in total. The van der Waals surface area contributed by atoms with Gasteiger partial charge in [-0.15, -0.1) is 0 Å². The summed E-state index contributed by atoms with van der Waals surface area (Å²) in [5.41, 5.74) is 1.86. The van der Waals surface area contributed by atoms with E-state index < -0.39 is 16.1 Å². The van der Waals surface area contributed by atoms with Crippen molar-refractivity contribution < 1.29 is 27.4 Å². The first-order valence-corrected chi connectivity index (χ1v) is 14.3. The van der Waals surface area contributed by atoms with E-state index in [1.807, 2.05) is 35.2 Å². The van der Waals surface area contributed by atoms with Crippen LogP contribution in [0.5, 0.6) is 17.2 Å². The molecule has 2 aliphatic rings. The van der Waals surface area contributed by atoms with E-state index in [9.17, 15) is 13.2 Å². The second-order valence-corrected chi connectivity index (χ2v) is 11.7. The Labute approximate surface area is 229 Å². The van der Waals surface area contributed by atoms with Crippen molar-refractivity contribution in [3.63, 3.8) is 0 Å². The van der Waals surface area contributed by atoms with Crippen molar-refractivity contribution in [2.24, 2.45) is 0 Å². The van der Waals surface area contributed by atoms with Crippen LogP contribution in [0.3, 0.4) is 0 Å². The van der Waals surface area contributed by atoms with Crippen LogP contribution >= 0.6 is 0 Å². The van der Waals surface area contributed by atoms with Crippen LogP contribution in [0.1, 0.15) is 23.6 Å². The molecule has 9 nitrogen and oxygen atoms in total. The van der Waals surface area contributed by atoms with Gasteiger partial charge >= 0.3 is 0 Å².